The van der Waals surface area contributed by atoms with E-state index in [-0.39, 0.29) is 29.6 Å². The maximum absolute atomic E-state index is 12.1. The van der Waals surface area contributed by atoms with Gasteiger partial charge in [-0.1, -0.05) is 22.8 Å². The van der Waals surface area contributed by atoms with Crippen LogP contribution in [0.3, 0.4) is 0 Å². The number of rotatable bonds is 5. The van der Waals surface area contributed by atoms with Crippen molar-refractivity contribution in [1.82, 2.24) is 10.1 Å². The van der Waals surface area contributed by atoms with E-state index in [0.717, 1.165) is 5.56 Å². The van der Waals surface area contributed by atoms with Gasteiger partial charge in [-0.05, 0) is 36.4 Å². The molecule has 0 spiro atoms. The minimum absolute atomic E-state index is 0.0169. The van der Waals surface area contributed by atoms with Crippen LogP contribution in [0.4, 0.5) is 0 Å². The predicted octanol–water partition coefficient (Wildman–Crippen LogP) is 3.46. The lowest BCUT2D eigenvalue weighted by molar-refractivity contribution is 0.0426. The van der Waals surface area contributed by atoms with Gasteiger partial charge < -0.3 is 19.1 Å². The Labute approximate surface area is 147 Å². The molecule has 0 amide bonds. The normalized spacial score (nSPS) is 10.5. The fraction of sp³-hybridized carbons (Fsp3) is 0.118. The van der Waals surface area contributed by atoms with Gasteiger partial charge in [-0.2, -0.15) is 4.98 Å². The zero-order valence-corrected chi connectivity index (χ0v) is 13.9. The van der Waals surface area contributed by atoms with E-state index < -0.39 is 5.97 Å². The number of methoxy groups -OCH3 is 1. The molecule has 0 radical (unpaired) electrons. The lowest BCUT2D eigenvalue weighted by Gasteiger charge is -2.07. The molecule has 1 N–H and O–H groups in total. The van der Waals surface area contributed by atoms with Gasteiger partial charge in [0.2, 0.25) is 5.82 Å². The molecule has 3 rings (SSSR count). The average Bonchev–Trinajstić information content (AvgIpc) is 3.09. The third-order valence-electron chi connectivity index (χ3n) is 3.34. The van der Waals surface area contributed by atoms with Crippen LogP contribution < -0.4 is 4.74 Å². The van der Waals surface area contributed by atoms with Crippen LogP contribution in [0.5, 0.6) is 11.5 Å². The van der Waals surface area contributed by atoms with Gasteiger partial charge in [0, 0.05) is 10.6 Å². The van der Waals surface area contributed by atoms with Crippen molar-refractivity contribution in [2.45, 2.75) is 6.61 Å². The smallest absolute Gasteiger partial charge is 0.342 e. The van der Waals surface area contributed by atoms with Crippen LogP contribution in [0.2, 0.25) is 5.02 Å². The number of aromatic hydroxyl groups is 1. The summed E-state index contributed by atoms with van der Waals surface area (Å²) in [5.41, 5.74) is 0.702. The second-order valence-corrected chi connectivity index (χ2v) is 5.39. The molecule has 7 nitrogen and oxygen atoms in total. The molecule has 2 aromatic carbocycles. The molecule has 3 aromatic rings. The standard InChI is InChI=1S/C17H13ClN2O5/c1-23-13-4-2-3-12(15(13)21)17(22)24-9-14-19-16(20-25-14)10-5-7-11(18)8-6-10/h2-8,21H,9H2,1H3. The van der Waals surface area contributed by atoms with E-state index in [1.807, 2.05) is 0 Å². The summed E-state index contributed by atoms with van der Waals surface area (Å²) in [4.78, 5) is 16.2. The summed E-state index contributed by atoms with van der Waals surface area (Å²) in [5, 5.41) is 14.4. The molecule has 0 atom stereocenters. The highest BCUT2D eigenvalue weighted by molar-refractivity contribution is 6.30. The first-order chi connectivity index (χ1) is 12.1. The van der Waals surface area contributed by atoms with Crippen molar-refractivity contribution in [3.63, 3.8) is 0 Å². The number of benzene rings is 2. The molecule has 0 bridgehead atoms. The lowest BCUT2D eigenvalue weighted by Crippen LogP contribution is -2.06. The Morgan fingerprint density at radius 3 is 2.72 bits per heavy atom. The molecule has 0 aliphatic carbocycles. The number of halogens is 1. The van der Waals surface area contributed by atoms with E-state index in [2.05, 4.69) is 10.1 Å². The van der Waals surface area contributed by atoms with E-state index in [0.29, 0.717) is 10.8 Å². The first-order valence-electron chi connectivity index (χ1n) is 7.20. The number of nitrogens with zero attached hydrogens (tertiary/aromatic N) is 2. The zero-order chi connectivity index (χ0) is 17.8. The number of aromatic nitrogens is 2. The number of hydrogen-bond donors (Lipinski definition) is 1. The highest BCUT2D eigenvalue weighted by Gasteiger charge is 2.17. The first kappa shape index (κ1) is 16.8. The number of carbonyl (C=O) groups is 1. The Morgan fingerprint density at radius 2 is 2.00 bits per heavy atom. The van der Waals surface area contributed by atoms with Crippen LogP contribution >= 0.6 is 11.6 Å². The van der Waals surface area contributed by atoms with Gasteiger partial charge in [-0.15, -0.1) is 0 Å². The van der Waals surface area contributed by atoms with E-state index in [9.17, 15) is 9.90 Å². The van der Waals surface area contributed by atoms with Gasteiger partial charge >= 0.3 is 5.97 Å². The first-order valence-corrected chi connectivity index (χ1v) is 7.58. The monoisotopic (exact) mass is 360 g/mol. The van der Waals surface area contributed by atoms with Gasteiger partial charge in [0.05, 0.1) is 7.11 Å². The highest BCUT2D eigenvalue weighted by Crippen LogP contribution is 2.30. The van der Waals surface area contributed by atoms with Crippen LogP contribution in [-0.4, -0.2) is 28.3 Å². The van der Waals surface area contributed by atoms with Crippen molar-refractivity contribution in [1.29, 1.82) is 0 Å². The molecule has 1 heterocycles. The third kappa shape index (κ3) is 3.72. The number of phenolic OH excluding ortho intramolecular Hbond substituents is 1. The van der Waals surface area contributed by atoms with Crippen molar-refractivity contribution in [3.05, 3.63) is 58.9 Å². The van der Waals surface area contributed by atoms with E-state index in [1.54, 1.807) is 30.3 Å². The molecule has 0 saturated carbocycles. The molecule has 0 aliphatic heterocycles. The Hall–Kier alpha value is -3.06. The topological polar surface area (TPSA) is 94.7 Å². The molecular formula is C17H13ClN2O5. The number of hydrogen-bond acceptors (Lipinski definition) is 7. The maximum Gasteiger partial charge on any atom is 0.342 e. The molecule has 1 aromatic heterocycles. The van der Waals surface area contributed by atoms with Gasteiger partial charge in [0.1, 0.15) is 5.56 Å². The fourth-order valence-electron chi connectivity index (χ4n) is 2.09. The minimum Gasteiger partial charge on any atom is -0.504 e. The van der Waals surface area contributed by atoms with Crippen molar-refractivity contribution < 1.29 is 23.9 Å². The van der Waals surface area contributed by atoms with E-state index >= 15 is 0 Å². The number of para-hydroxylation sites is 1. The van der Waals surface area contributed by atoms with Crippen molar-refractivity contribution >= 4 is 17.6 Å². The van der Waals surface area contributed by atoms with Gasteiger partial charge in [0.25, 0.3) is 5.89 Å². The SMILES string of the molecule is COc1cccc(C(=O)OCc2nc(-c3ccc(Cl)cc3)no2)c1O. The van der Waals surface area contributed by atoms with Crippen LogP contribution in [0.15, 0.2) is 47.0 Å². The summed E-state index contributed by atoms with van der Waals surface area (Å²) in [6.45, 7) is -0.226. The number of ether oxygens (including phenoxy) is 2. The van der Waals surface area contributed by atoms with Crippen LogP contribution in [0.25, 0.3) is 11.4 Å². The Kier molecular flexibility index (Phi) is 4.85. The summed E-state index contributed by atoms with van der Waals surface area (Å²) in [6, 6.07) is 11.4. The molecule has 8 heteroatoms. The largest absolute Gasteiger partial charge is 0.504 e. The quantitative estimate of drug-likeness (QED) is 0.696. The van der Waals surface area contributed by atoms with Crippen LogP contribution in [0.1, 0.15) is 16.2 Å². The van der Waals surface area contributed by atoms with Crippen molar-refractivity contribution in [3.8, 4) is 22.9 Å². The van der Waals surface area contributed by atoms with Crippen LogP contribution in [0, 0.1) is 0 Å². The third-order valence-corrected chi connectivity index (χ3v) is 3.59. The molecule has 25 heavy (non-hydrogen) atoms. The number of esters is 1. The van der Waals surface area contributed by atoms with E-state index in [4.69, 9.17) is 25.6 Å². The summed E-state index contributed by atoms with van der Waals surface area (Å²) in [7, 11) is 1.39. The summed E-state index contributed by atoms with van der Waals surface area (Å²) < 4.78 is 15.1. The van der Waals surface area contributed by atoms with Crippen molar-refractivity contribution in [2.75, 3.05) is 7.11 Å². The molecule has 128 valence electrons. The number of carbonyl (C=O) groups excluding carboxylic acids is 1. The van der Waals surface area contributed by atoms with Gasteiger partial charge in [0.15, 0.2) is 18.1 Å². The average molecular weight is 361 g/mol. The highest BCUT2D eigenvalue weighted by atomic mass is 35.5. The Bertz CT molecular complexity index is 892. The molecule has 0 fully saturated rings. The Balaban J connectivity index is 1.68. The number of phenols is 1. The Morgan fingerprint density at radius 1 is 1.24 bits per heavy atom. The summed E-state index contributed by atoms with van der Waals surface area (Å²) in [5.74, 6) is -0.366. The molecule has 0 unspecified atom stereocenters. The minimum atomic E-state index is -0.734. The van der Waals surface area contributed by atoms with Gasteiger partial charge in [-0.3, -0.25) is 0 Å². The van der Waals surface area contributed by atoms with Gasteiger partial charge in [-0.25, -0.2) is 4.79 Å². The summed E-state index contributed by atoms with van der Waals surface area (Å²) >= 11 is 5.83. The fourth-order valence-corrected chi connectivity index (χ4v) is 2.21. The molecular weight excluding hydrogens is 348 g/mol. The second kappa shape index (κ2) is 7.23. The second-order valence-electron chi connectivity index (χ2n) is 4.95. The maximum atomic E-state index is 12.1. The summed E-state index contributed by atoms with van der Waals surface area (Å²) in [6.07, 6.45) is 0. The van der Waals surface area contributed by atoms with Crippen LogP contribution in [-0.2, 0) is 11.3 Å². The lowest BCUT2D eigenvalue weighted by atomic mass is 10.2. The zero-order valence-electron chi connectivity index (χ0n) is 13.1. The molecule has 0 aliphatic rings. The van der Waals surface area contributed by atoms with Crippen molar-refractivity contribution in [2.24, 2.45) is 0 Å². The molecule has 0 saturated heterocycles. The predicted molar refractivity (Wildman–Crippen MR) is 88.5 cm³/mol. The van der Waals surface area contributed by atoms with E-state index in [1.165, 1.54) is 19.2 Å².